The number of anilines is 2. The Morgan fingerprint density at radius 3 is 2.52 bits per heavy atom. The first-order valence-corrected chi connectivity index (χ1v) is 9.75. The molecule has 1 atom stereocenters. The summed E-state index contributed by atoms with van der Waals surface area (Å²) in [4.78, 5) is 27.9. The lowest BCUT2D eigenvalue weighted by atomic mass is 10.1. The van der Waals surface area contributed by atoms with Crippen LogP contribution in [0, 0.1) is 5.92 Å². The number of nitrogens with one attached hydrogen (secondary N) is 1. The Kier molecular flexibility index (Phi) is 5.91. The molecule has 2 aromatic carbocycles. The zero-order valence-electron chi connectivity index (χ0n) is 15.5. The van der Waals surface area contributed by atoms with Crippen LogP contribution in [0.25, 0.3) is 0 Å². The van der Waals surface area contributed by atoms with Gasteiger partial charge in [0, 0.05) is 29.6 Å². The molecule has 142 valence electrons. The van der Waals surface area contributed by atoms with E-state index in [1.807, 2.05) is 30.5 Å². The van der Waals surface area contributed by atoms with Crippen molar-refractivity contribution in [3.63, 3.8) is 0 Å². The molecule has 7 heteroatoms. The molecule has 2 aromatic rings. The minimum atomic E-state index is -0.412. The van der Waals surface area contributed by atoms with Crippen LogP contribution in [0.3, 0.4) is 0 Å². The standard InChI is InChI=1S/C20H22N2O4S/c1-25-15-6-9-17(18(11-15)26-2)21-20(24)13-10-19(23)22(12-13)14-4-7-16(27-3)8-5-14/h4-9,11,13H,10,12H2,1-3H3,(H,21,24). The third-order valence-corrected chi connectivity index (χ3v) is 5.29. The molecule has 0 radical (unpaired) electrons. The summed E-state index contributed by atoms with van der Waals surface area (Å²) >= 11 is 1.65. The summed E-state index contributed by atoms with van der Waals surface area (Å²) in [6, 6.07) is 13.0. The summed E-state index contributed by atoms with van der Waals surface area (Å²) in [7, 11) is 3.10. The number of ether oxygens (including phenoxy) is 2. The Bertz CT molecular complexity index is 838. The van der Waals surface area contributed by atoms with E-state index >= 15 is 0 Å². The van der Waals surface area contributed by atoms with Gasteiger partial charge in [0.25, 0.3) is 0 Å². The molecule has 1 aliphatic heterocycles. The number of methoxy groups -OCH3 is 2. The Morgan fingerprint density at radius 1 is 1.15 bits per heavy atom. The van der Waals surface area contributed by atoms with Crippen molar-refractivity contribution in [2.75, 3.05) is 37.2 Å². The van der Waals surface area contributed by atoms with Gasteiger partial charge in [-0.3, -0.25) is 9.59 Å². The predicted octanol–water partition coefficient (Wildman–Crippen LogP) is 3.42. The average molecular weight is 386 g/mol. The van der Waals surface area contributed by atoms with E-state index in [2.05, 4.69) is 5.32 Å². The van der Waals surface area contributed by atoms with Gasteiger partial charge in [0.2, 0.25) is 11.8 Å². The molecule has 3 rings (SSSR count). The normalized spacial score (nSPS) is 16.3. The number of nitrogens with zero attached hydrogens (tertiary/aromatic N) is 1. The first-order valence-electron chi connectivity index (χ1n) is 8.53. The summed E-state index contributed by atoms with van der Waals surface area (Å²) in [6.45, 7) is 0.363. The maximum Gasteiger partial charge on any atom is 0.229 e. The maximum atomic E-state index is 12.7. The Hall–Kier alpha value is -2.67. The molecule has 1 heterocycles. The topological polar surface area (TPSA) is 67.9 Å². The zero-order valence-corrected chi connectivity index (χ0v) is 16.3. The third kappa shape index (κ3) is 4.19. The van der Waals surface area contributed by atoms with Gasteiger partial charge in [-0.15, -0.1) is 11.8 Å². The summed E-state index contributed by atoms with van der Waals surface area (Å²) in [5.41, 5.74) is 1.37. The molecular formula is C20H22N2O4S. The average Bonchev–Trinajstić information content (AvgIpc) is 3.10. The number of hydrogen-bond donors (Lipinski definition) is 1. The molecular weight excluding hydrogens is 364 g/mol. The van der Waals surface area contributed by atoms with Crippen LogP contribution in [0.4, 0.5) is 11.4 Å². The van der Waals surface area contributed by atoms with Gasteiger partial charge in [-0.05, 0) is 42.7 Å². The van der Waals surface area contributed by atoms with E-state index in [0.29, 0.717) is 23.7 Å². The Labute approximate surface area is 162 Å². The highest BCUT2D eigenvalue weighted by atomic mass is 32.2. The van der Waals surface area contributed by atoms with E-state index in [-0.39, 0.29) is 18.2 Å². The fourth-order valence-electron chi connectivity index (χ4n) is 3.03. The van der Waals surface area contributed by atoms with Gasteiger partial charge >= 0.3 is 0 Å². The van der Waals surface area contributed by atoms with Crippen molar-refractivity contribution in [2.45, 2.75) is 11.3 Å². The molecule has 1 unspecified atom stereocenters. The lowest BCUT2D eigenvalue weighted by Gasteiger charge is -2.17. The smallest absolute Gasteiger partial charge is 0.229 e. The van der Waals surface area contributed by atoms with E-state index in [1.165, 1.54) is 7.11 Å². The number of carbonyl (C=O) groups is 2. The number of rotatable bonds is 6. The molecule has 2 amide bonds. The lowest BCUT2D eigenvalue weighted by Crippen LogP contribution is -2.28. The van der Waals surface area contributed by atoms with Gasteiger partial charge in [-0.2, -0.15) is 0 Å². The molecule has 0 aliphatic carbocycles. The minimum Gasteiger partial charge on any atom is -0.497 e. The van der Waals surface area contributed by atoms with Gasteiger partial charge in [0.15, 0.2) is 0 Å². The SMILES string of the molecule is COc1ccc(NC(=O)C2CC(=O)N(c3ccc(SC)cc3)C2)c(OC)c1. The van der Waals surface area contributed by atoms with Crippen LogP contribution >= 0.6 is 11.8 Å². The van der Waals surface area contributed by atoms with Crippen LogP contribution in [0.15, 0.2) is 47.4 Å². The van der Waals surface area contributed by atoms with Crippen LogP contribution in [-0.2, 0) is 9.59 Å². The summed E-state index contributed by atoms with van der Waals surface area (Å²) in [5.74, 6) is 0.491. The number of amides is 2. The fourth-order valence-corrected chi connectivity index (χ4v) is 3.44. The number of hydrogen-bond acceptors (Lipinski definition) is 5. The van der Waals surface area contributed by atoms with Gasteiger partial charge in [0.1, 0.15) is 11.5 Å². The van der Waals surface area contributed by atoms with Crippen LogP contribution in [0.5, 0.6) is 11.5 Å². The molecule has 27 heavy (non-hydrogen) atoms. The first-order chi connectivity index (χ1) is 13.0. The Balaban J connectivity index is 1.70. The molecule has 0 aromatic heterocycles. The second-order valence-corrected chi connectivity index (χ2v) is 7.04. The predicted molar refractivity (Wildman–Crippen MR) is 107 cm³/mol. The highest BCUT2D eigenvalue weighted by Crippen LogP contribution is 2.31. The second-order valence-electron chi connectivity index (χ2n) is 6.16. The van der Waals surface area contributed by atoms with Crippen molar-refractivity contribution in [3.05, 3.63) is 42.5 Å². The van der Waals surface area contributed by atoms with Crippen LogP contribution in [-0.4, -0.2) is 38.8 Å². The molecule has 1 N–H and O–H groups in total. The largest absolute Gasteiger partial charge is 0.497 e. The number of carbonyl (C=O) groups excluding carboxylic acids is 2. The van der Waals surface area contributed by atoms with Crippen molar-refractivity contribution >= 4 is 35.0 Å². The van der Waals surface area contributed by atoms with Gasteiger partial charge in [-0.1, -0.05) is 0 Å². The first kappa shape index (κ1) is 19.1. The van der Waals surface area contributed by atoms with Gasteiger partial charge in [-0.25, -0.2) is 0 Å². The molecule has 1 fully saturated rings. The summed E-state index contributed by atoms with van der Waals surface area (Å²) in [6.07, 6.45) is 2.19. The van der Waals surface area contributed by atoms with Crippen LogP contribution in [0.1, 0.15) is 6.42 Å². The van der Waals surface area contributed by atoms with Crippen molar-refractivity contribution in [3.8, 4) is 11.5 Å². The van der Waals surface area contributed by atoms with E-state index in [4.69, 9.17) is 9.47 Å². The van der Waals surface area contributed by atoms with Gasteiger partial charge < -0.3 is 19.7 Å². The van der Waals surface area contributed by atoms with Crippen LogP contribution < -0.4 is 19.7 Å². The Morgan fingerprint density at radius 2 is 1.89 bits per heavy atom. The molecule has 0 saturated carbocycles. The highest BCUT2D eigenvalue weighted by molar-refractivity contribution is 7.98. The van der Waals surface area contributed by atoms with E-state index in [1.54, 1.807) is 42.0 Å². The summed E-state index contributed by atoms with van der Waals surface area (Å²) < 4.78 is 10.5. The summed E-state index contributed by atoms with van der Waals surface area (Å²) in [5, 5.41) is 2.86. The molecule has 6 nitrogen and oxygen atoms in total. The second kappa shape index (κ2) is 8.35. The minimum absolute atomic E-state index is 0.0475. The number of benzene rings is 2. The van der Waals surface area contributed by atoms with Crippen molar-refractivity contribution < 1.29 is 19.1 Å². The van der Waals surface area contributed by atoms with E-state index in [0.717, 1.165) is 10.6 Å². The van der Waals surface area contributed by atoms with E-state index < -0.39 is 5.92 Å². The fraction of sp³-hybridized carbons (Fsp3) is 0.300. The third-order valence-electron chi connectivity index (χ3n) is 4.55. The van der Waals surface area contributed by atoms with E-state index in [9.17, 15) is 9.59 Å². The van der Waals surface area contributed by atoms with Crippen molar-refractivity contribution in [2.24, 2.45) is 5.92 Å². The molecule has 1 aliphatic rings. The van der Waals surface area contributed by atoms with Crippen molar-refractivity contribution in [1.29, 1.82) is 0 Å². The zero-order chi connectivity index (χ0) is 19.4. The highest BCUT2D eigenvalue weighted by Gasteiger charge is 2.35. The lowest BCUT2D eigenvalue weighted by molar-refractivity contribution is -0.122. The van der Waals surface area contributed by atoms with Crippen LogP contribution in [0.2, 0.25) is 0 Å². The number of thioether (sulfide) groups is 1. The molecule has 0 bridgehead atoms. The van der Waals surface area contributed by atoms with Gasteiger partial charge in [0.05, 0.1) is 25.8 Å². The maximum absolute atomic E-state index is 12.7. The molecule has 1 saturated heterocycles. The monoisotopic (exact) mass is 386 g/mol. The quantitative estimate of drug-likeness (QED) is 0.771. The van der Waals surface area contributed by atoms with Crippen molar-refractivity contribution in [1.82, 2.24) is 0 Å². The molecule has 0 spiro atoms.